The lowest BCUT2D eigenvalue weighted by Crippen LogP contribution is -2.62. The van der Waals surface area contributed by atoms with Gasteiger partial charge >= 0.3 is 11.9 Å². The van der Waals surface area contributed by atoms with E-state index in [2.05, 4.69) is 13.2 Å². The Balaban J connectivity index is 1.81. The number of hydrogen-bond acceptors (Lipinski definition) is 12. The maximum atomic E-state index is 13.9. The number of ether oxygens (including phenoxy) is 6. The number of unbranched alkanes of at least 4 members (excludes halogenated alkanes) is 1. The van der Waals surface area contributed by atoms with Gasteiger partial charge in [0.1, 0.15) is 5.60 Å². The smallest absolute Gasteiger partial charge is 0.331 e. The number of carbonyl (C=O) groups is 3. The van der Waals surface area contributed by atoms with Crippen LogP contribution in [0.15, 0.2) is 72.4 Å². The fraction of sp³-hybridized carbons (Fsp3) is 0.674. The number of fused-ring (bicyclic) bond motifs is 6. The van der Waals surface area contributed by atoms with Crippen LogP contribution in [0.25, 0.3) is 0 Å². The van der Waals surface area contributed by atoms with Crippen molar-refractivity contribution < 1.29 is 58.1 Å². The third-order valence-corrected chi connectivity index (χ3v) is 11.8. The molecule has 4 aliphatic heterocycles. The molecule has 3 fully saturated rings. The normalized spacial score (nSPS) is 37.3. The zero-order chi connectivity index (χ0) is 42.8. The van der Waals surface area contributed by atoms with E-state index >= 15 is 0 Å². The molecule has 12 heteroatoms. The molecule has 4 unspecified atom stereocenters. The topological polar surface area (TPSA) is 167 Å². The van der Waals surface area contributed by atoms with Crippen LogP contribution in [0.5, 0.6) is 0 Å². The predicted octanol–water partition coefficient (Wildman–Crippen LogP) is 6.62. The molecule has 58 heavy (non-hydrogen) atoms. The van der Waals surface area contributed by atoms with Gasteiger partial charge in [0.05, 0.1) is 55.9 Å². The Morgan fingerprint density at radius 3 is 2.21 bits per heavy atom. The number of allylic oxidation sites excluding steroid dienone is 3. The fourth-order valence-electron chi connectivity index (χ4n) is 8.25. The molecule has 6 bridgehead atoms. The SMILES string of the molecule is C=C1CC2C[C@@H](O)CC(=O)C(C)(CC)O[C@@H]([C@@H](C)O)CC3C/C(=C\C(=O)OC)[C@H](OC(=O)/C=C/C=C/CCC)C(O)(O3)C(C)(C)/C=C/[C@H]3CC(=C)C[C@@H](C[C@@H](C1)O2)O3. The van der Waals surface area contributed by atoms with Gasteiger partial charge in [-0.3, -0.25) is 4.79 Å². The predicted molar refractivity (Wildman–Crippen MR) is 219 cm³/mol. The van der Waals surface area contributed by atoms with Crippen LogP contribution in [0.1, 0.15) is 119 Å². The Morgan fingerprint density at radius 1 is 0.914 bits per heavy atom. The van der Waals surface area contributed by atoms with Crippen molar-refractivity contribution in [2.75, 3.05) is 7.11 Å². The summed E-state index contributed by atoms with van der Waals surface area (Å²) in [4.78, 5) is 40.2. The van der Waals surface area contributed by atoms with Crippen LogP contribution in [-0.4, -0.2) is 106 Å². The highest BCUT2D eigenvalue weighted by Gasteiger charge is 2.58. The molecule has 3 saturated heterocycles. The highest BCUT2D eigenvalue weighted by Crippen LogP contribution is 2.47. The summed E-state index contributed by atoms with van der Waals surface area (Å²) in [7, 11) is 1.22. The summed E-state index contributed by atoms with van der Waals surface area (Å²) in [6.45, 7) is 19.0. The lowest BCUT2D eigenvalue weighted by molar-refractivity contribution is -0.328. The Kier molecular flexibility index (Phi) is 17.0. The van der Waals surface area contributed by atoms with Crippen molar-refractivity contribution in [3.05, 3.63) is 72.4 Å². The number of rotatable bonds is 8. The van der Waals surface area contributed by atoms with E-state index in [0.717, 1.165) is 24.0 Å². The number of aliphatic hydroxyl groups excluding tert-OH is 2. The van der Waals surface area contributed by atoms with E-state index in [1.54, 1.807) is 45.9 Å². The average Bonchev–Trinajstić information content (AvgIpc) is 3.13. The van der Waals surface area contributed by atoms with Crippen LogP contribution in [0, 0.1) is 5.41 Å². The summed E-state index contributed by atoms with van der Waals surface area (Å²) in [5.74, 6) is -4.13. The van der Waals surface area contributed by atoms with Gasteiger partial charge in [0.15, 0.2) is 11.9 Å². The van der Waals surface area contributed by atoms with E-state index in [9.17, 15) is 29.7 Å². The zero-order valence-electron chi connectivity index (χ0n) is 35.7. The third kappa shape index (κ3) is 12.6. The van der Waals surface area contributed by atoms with E-state index in [1.807, 2.05) is 19.1 Å². The van der Waals surface area contributed by atoms with Gasteiger partial charge in [0, 0.05) is 43.3 Å². The second-order valence-electron chi connectivity index (χ2n) is 17.3. The summed E-state index contributed by atoms with van der Waals surface area (Å²) in [6, 6.07) is 0. The molecule has 0 aromatic carbocycles. The van der Waals surface area contributed by atoms with E-state index in [-0.39, 0.29) is 61.8 Å². The number of aliphatic hydroxyl groups is 3. The van der Waals surface area contributed by atoms with Crippen LogP contribution >= 0.6 is 0 Å². The number of methoxy groups -OCH3 is 1. The minimum Gasteiger partial charge on any atom is -0.466 e. The first-order valence-electron chi connectivity index (χ1n) is 20.9. The van der Waals surface area contributed by atoms with Crippen molar-refractivity contribution in [1.82, 2.24) is 0 Å². The second kappa shape index (κ2) is 20.8. The van der Waals surface area contributed by atoms with Gasteiger partial charge in [-0.1, -0.05) is 88.8 Å². The largest absolute Gasteiger partial charge is 0.466 e. The Morgan fingerprint density at radius 2 is 1.57 bits per heavy atom. The van der Waals surface area contributed by atoms with Gasteiger partial charge in [-0.25, -0.2) is 9.59 Å². The summed E-state index contributed by atoms with van der Waals surface area (Å²) in [6.07, 6.45) is 9.55. The van der Waals surface area contributed by atoms with Crippen molar-refractivity contribution in [2.45, 2.75) is 185 Å². The maximum Gasteiger partial charge on any atom is 0.331 e. The van der Waals surface area contributed by atoms with Crippen molar-refractivity contribution in [3.8, 4) is 0 Å². The molecule has 0 saturated carbocycles. The van der Waals surface area contributed by atoms with Gasteiger partial charge in [-0.05, 0) is 64.4 Å². The summed E-state index contributed by atoms with van der Waals surface area (Å²) in [5.41, 5.74) is -0.480. The molecule has 3 N–H and O–H groups in total. The molecule has 0 aromatic rings. The Labute approximate surface area is 345 Å². The van der Waals surface area contributed by atoms with Crippen molar-refractivity contribution in [3.63, 3.8) is 0 Å². The monoisotopic (exact) mass is 812 g/mol. The molecule has 11 atom stereocenters. The summed E-state index contributed by atoms with van der Waals surface area (Å²) in [5, 5.41) is 35.2. The van der Waals surface area contributed by atoms with Crippen molar-refractivity contribution in [1.29, 1.82) is 0 Å². The molecule has 0 radical (unpaired) electrons. The standard InChI is InChI=1S/C46H68O12/c1-10-12-13-14-15-16-41(50)56-43-32(24-42(51)53-9)23-38-28-39(31(5)47)58-45(8,11-2)40(49)26-33(48)25-35-20-30(4)22-37(55-35)27-36-21-29(3)19-34(54-36)17-18-44(6,7)46(43,52)57-38/h13-18,24,31,33-39,43,47-48,52H,3-4,10-12,19-23,25-28H2,1-2,5-9H3/b14-13+,16-15+,18-17+,32-24+/t31-,33-,34+,35?,36+,37-,38?,39-,43+,45?,46?/m1/s1. The minimum absolute atomic E-state index is 0.0154. The summed E-state index contributed by atoms with van der Waals surface area (Å²) >= 11 is 0. The first-order valence-corrected chi connectivity index (χ1v) is 20.9. The molecular formula is C46H68O12. The van der Waals surface area contributed by atoms with Crippen LogP contribution in [0.2, 0.25) is 0 Å². The second-order valence-corrected chi connectivity index (χ2v) is 17.3. The van der Waals surface area contributed by atoms with Gasteiger partial charge in [-0.2, -0.15) is 0 Å². The van der Waals surface area contributed by atoms with Gasteiger partial charge < -0.3 is 43.7 Å². The van der Waals surface area contributed by atoms with E-state index in [4.69, 9.17) is 28.4 Å². The molecule has 0 amide bonds. The number of carbonyl (C=O) groups excluding carboxylic acids is 3. The van der Waals surface area contributed by atoms with E-state index < -0.39 is 65.4 Å². The first-order chi connectivity index (χ1) is 27.3. The lowest BCUT2D eigenvalue weighted by Gasteiger charge is -2.51. The van der Waals surface area contributed by atoms with E-state index in [0.29, 0.717) is 32.1 Å². The van der Waals surface area contributed by atoms with Gasteiger partial charge in [0.25, 0.3) is 0 Å². The average molecular weight is 813 g/mol. The molecule has 4 rings (SSSR count). The number of esters is 2. The lowest BCUT2D eigenvalue weighted by atomic mass is 9.74. The van der Waals surface area contributed by atoms with Crippen molar-refractivity contribution in [2.24, 2.45) is 5.41 Å². The number of hydrogen-bond donors (Lipinski definition) is 3. The first kappa shape index (κ1) is 47.4. The number of ketones is 1. The third-order valence-electron chi connectivity index (χ3n) is 11.8. The highest BCUT2D eigenvalue weighted by atomic mass is 16.7. The van der Waals surface area contributed by atoms with Crippen LogP contribution in [0.4, 0.5) is 0 Å². The molecular weight excluding hydrogens is 744 g/mol. The fourth-order valence-corrected chi connectivity index (χ4v) is 8.25. The van der Waals surface area contributed by atoms with Gasteiger partial charge in [-0.15, -0.1) is 0 Å². The molecule has 324 valence electrons. The summed E-state index contributed by atoms with van der Waals surface area (Å²) < 4.78 is 37.1. The molecule has 4 heterocycles. The minimum atomic E-state index is -2.29. The van der Waals surface area contributed by atoms with Crippen LogP contribution < -0.4 is 0 Å². The molecule has 4 aliphatic rings. The van der Waals surface area contributed by atoms with Crippen LogP contribution in [0.3, 0.4) is 0 Å². The van der Waals surface area contributed by atoms with Crippen LogP contribution in [-0.2, 0) is 42.8 Å². The Bertz CT molecular complexity index is 1590. The van der Waals surface area contributed by atoms with Crippen molar-refractivity contribution >= 4 is 17.7 Å². The zero-order valence-corrected chi connectivity index (χ0v) is 35.7. The molecule has 0 aromatic heterocycles. The molecule has 0 aliphatic carbocycles. The quantitative estimate of drug-likeness (QED) is 0.104. The van der Waals surface area contributed by atoms with Gasteiger partial charge in [0.2, 0.25) is 5.79 Å². The Hall–Kier alpha value is -3.23. The van der Waals surface area contributed by atoms with E-state index in [1.165, 1.54) is 26.2 Å². The molecule has 12 nitrogen and oxygen atoms in total. The highest BCUT2D eigenvalue weighted by molar-refractivity contribution is 5.87. The number of Topliss-reactive ketones (excluding diaryl/α,β-unsaturated/α-hetero) is 1. The molecule has 0 spiro atoms. The maximum absolute atomic E-state index is 13.9.